The van der Waals surface area contributed by atoms with E-state index in [2.05, 4.69) is 64.0 Å². The molecule has 19 heavy (non-hydrogen) atoms. The summed E-state index contributed by atoms with van der Waals surface area (Å²) in [6.07, 6.45) is 0. The third-order valence-corrected chi connectivity index (χ3v) is 3.66. The maximum atomic E-state index is 4.71. The largest absolute Gasteiger partial charge is 0.357 e. The first-order chi connectivity index (χ1) is 8.96. The molecule has 114 valence electrons. The fraction of sp³-hybridized carbons (Fsp3) is 0.933. The van der Waals surface area contributed by atoms with Crippen molar-refractivity contribution in [3.63, 3.8) is 0 Å². The number of rotatable bonds is 8. The van der Waals surface area contributed by atoms with Gasteiger partial charge in [0.25, 0.3) is 0 Å². The maximum Gasteiger partial charge on any atom is 0.191 e. The Morgan fingerprint density at radius 3 is 2.05 bits per heavy atom. The summed E-state index contributed by atoms with van der Waals surface area (Å²) in [6.45, 7) is 19.3. The van der Waals surface area contributed by atoms with Crippen LogP contribution in [0, 0.1) is 5.92 Å². The van der Waals surface area contributed by atoms with Crippen LogP contribution in [0.4, 0.5) is 0 Å². The molecule has 0 saturated heterocycles. The molecule has 0 spiro atoms. The molecule has 0 aromatic carbocycles. The Morgan fingerprint density at radius 1 is 1.05 bits per heavy atom. The van der Waals surface area contributed by atoms with Crippen LogP contribution in [0.5, 0.6) is 0 Å². The van der Waals surface area contributed by atoms with E-state index in [-0.39, 0.29) is 0 Å². The summed E-state index contributed by atoms with van der Waals surface area (Å²) in [6, 6.07) is 0.918. The molecule has 2 N–H and O–H groups in total. The molecule has 0 aliphatic rings. The minimum Gasteiger partial charge on any atom is -0.357 e. The molecule has 0 aliphatic carbocycles. The molecule has 2 unspecified atom stereocenters. The smallest absolute Gasteiger partial charge is 0.191 e. The van der Waals surface area contributed by atoms with Gasteiger partial charge in [0, 0.05) is 18.6 Å². The number of nitrogens with one attached hydrogen (secondary N) is 2. The molecule has 0 rings (SSSR count). The molecular weight excluding hydrogens is 236 g/mol. The topological polar surface area (TPSA) is 39.7 Å². The van der Waals surface area contributed by atoms with Gasteiger partial charge in [-0.15, -0.1) is 0 Å². The predicted octanol–water partition coefficient (Wildman–Crippen LogP) is 2.32. The highest BCUT2D eigenvalue weighted by molar-refractivity contribution is 5.80. The SMILES string of the molecule is CCNC(=NCC(C)N(CC)CC)NC(C)C(C)C. The van der Waals surface area contributed by atoms with E-state index in [0.29, 0.717) is 18.0 Å². The van der Waals surface area contributed by atoms with Gasteiger partial charge in [0.15, 0.2) is 5.96 Å². The minimum absolute atomic E-state index is 0.432. The Morgan fingerprint density at radius 2 is 1.63 bits per heavy atom. The van der Waals surface area contributed by atoms with Gasteiger partial charge in [-0.05, 0) is 39.8 Å². The fourth-order valence-electron chi connectivity index (χ4n) is 1.89. The molecular formula is C15H34N4. The third-order valence-electron chi connectivity index (χ3n) is 3.66. The van der Waals surface area contributed by atoms with Crippen LogP contribution >= 0.6 is 0 Å². The zero-order chi connectivity index (χ0) is 14.8. The van der Waals surface area contributed by atoms with Crippen molar-refractivity contribution in [3.8, 4) is 0 Å². The molecule has 4 nitrogen and oxygen atoms in total. The van der Waals surface area contributed by atoms with Gasteiger partial charge in [-0.1, -0.05) is 27.7 Å². The van der Waals surface area contributed by atoms with Crippen molar-refractivity contribution >= 4 is 5.96 Å². The van der Waals surface area contributed by atoms with Crippen LogP contribution in [0.2, 0.25) is 0 Å². The summed E-state index contributed by atoms with van der Waals surface area (Å²) < 4.78 is 0. The zero-order valence-electron chi connectivity index (χ0n) is 14.0. The molecule has 0 radical (unpaired) electrons. The monoisotopic (exact) mass is 270 g/mol. The quantitative estimate of drug-likeness (QED) is 0.525. The van der Waals surface area contributed by atoms with Crippen molar-refractivity contribution in [2.45, 2.75) is 60.5 Å². The van der Waals surface area contributed by atoms with E-state index in [0.717, 1.165) is 32.1 Å². The number of guanidine groups is 1. The van der Waals surface area contributed by atoms with Crippen LogP contribution in [-0.2, 0) is 0 Å². The van der Waals surface area contributed by atoms with E-state index in [1.54, 1.807) is 0 Å². The average Bonchev–Trinajstić information content (AvgIpc) is 2.37. The summed E-state index contributed by atoms with van der Waals surface area (Å²) in [4.78, 5) is 7.13. The second-order valence-electron chi connectivity index (χ2n) is 5.47. The van der Waals surface area contributed by atoms with Crippen LogP contribution in [0.1, 0.15) is 48.5 Å². The second-order valence-corrected chi connectivity index (χ2v) is 5.47. The van der Waals surface area contributed by atoms with Crippen LogP contribution in [0.15, 0.2) is 4.99 Å². The summed E-state index contributed by atoms with van der Waals surface area (Å²) >= 11 is 0. The molecule has 0 saturated carbocycles. The molecule has 0 bridgehead atoms. The van der Waals surface area contributed by atoms with Crippen molar-refractivity contribution in [2.24, 2.45) is 10.9 Å². The molecule has 0 aromatic heterocycles. The highest BCUT2D eigenvalue weighted by Crippen LogP contribution is 2.01. The van der Waals surface area contributed by atoms with Gasteiger partial charge in [-0.25, -0.2) is 0 Å². The zero-order valence-corrected chi connectivity index (χ0v) is 14.0. The van der Waals surface area contributed by atoms with Crippen molar-refractivity contribution in [3.05, 3.63) is 0 Å². The van der Waals surface area contributed by atoms with Crippen molar-refractivity contribution in [1.29, 1.82) is 0 Å². The number of hydrogen-bond acceptors (Lipinski definition) is 2. The first-order valence-electron chi connectivity index (χ1n) is 7.75. The Balaban J connectivity index is 4.48. The van der Waals surface area contributed by atoms with E-state index in [4.69, 9.17) is 4.99 Å². The lowest BCUT2D eigenvalue weighted by molar-refractivity contribution is 0.236. The Bertz CT molecular complexity index is 247. The van der Waals surface area contributed by atoms with Gasteiger partial charge < -0.3 is 10.6 Å². The Labute approximate surface area is 120 Å². The molecule has 2 atom stereocenters. The standard InChI is InChI=1S/C15H34N4/c1-8-16-15(18-14(7)12(4)5)17-11-13(6)19(9-2)10-3/h12-14H,8-11H2,1-7H3,(H2,16,17,18). The summed E-state index contributed by atoms with van der Waals surface area (Å²) in [5.41, 5.74) is 0. The highest BCUT2D eigenvalue weighted by Gasteiger charge is 2.11. The molecule has 0 aliphatic heterocycles. The molecule has 4 heteroatoms. The van der Waals surface area contributed by atoms with Gasteiger partial charge >= 0.3 is 0 Å². The van der Waals surface area contributed by atoms with Gasteiger partial charge in [-0.3, -0.25) is 9.89 Å². The lowest BCUT2D eigenvalue weighted by atomic mass is 10.1. The molecule has 0 amide bonds. The van der Waals surface area contributed by atoms with Crippen LogP contribution in [-0.4, -0.2) is 49.1 Å². The summed E-state index contributed by atoms with van der Waals surface area (Å²) in [5.74, 6) is 1.53. The molecule has 0 heterocycles. The molecule has 0 aromatic rings. The molecule has 0 fully saturated rings. The fourth-order valence-corrected chi connectivity index (χ4v) is 1.89. The lowest BCUT2D eigenvalue weighted by Crippen LogP contribution is -2.45. The maximum absolute atomic E-state index is 4.71. The first kappa shape index (κ1) is 18.2. The highest BCUT2D eigenvalue weighted by atomic mass is 15.2. The van der Waals surface area contributed by atoms with Crippen molar-refractivity contribution in [2.75, 3.05) is 26.2 Å². The average molecular weight is 270 g/mol. The van der Waals surface area contributed by atoms with E-state index >= 15 is 0 Å². The predicted molar refractivity (Wildman–Crippen MR) is 85.8 cm³/mol. The number of likely N-dealkylation sites (N-methyl/N-ethyl adjacent to an activating group) is 1. The van der Waals surface area contributed by atoms with Gasteiger partial charge in [0.05, 0.1) is 6.54 Å². The number of nitrogens with zero attached hydrogens (tertiary/aromatic N) is 2. The van der Waals surface area contributed by atoms with Crippen LogP contribution < -0.4 is 10.6 Å². The number of aliphatic imine (C=N–C) groups is 1. The Hall–Kier alpha value is -0.770. The second kappa shape index (κ2) is 10.1. The van der Waals surface area contributed by atoms with Crippen LogP contribution in [0.25, 0.3) is 0 Å². The first-order valence-corrected chi connectivity index (χ1v) is 7.75. The minimum atomic E-state index is 0.432. The third kappa shape index (κ3) is 7.41. The van der Waals surface area contributed by atoms with Gasteiger partial charge in [0.1, 0.15) is 0 Å². The number of hydrogen-bond donors (Lipinski definition) is 2. The van der Waals surface area contributed by atoms with E-state index in [1.807, 2.05) is 0 Å². The van der Waals surface area contributed by atoms with E-state index < -0.39 is 0 Å². The van der Waals surface area contributed by atoms with Gasteiger partial charge in [0.2, 0.25) is 0 Å². The van der Waals surface area contributed by atoms with E-state index in [1.165, 1.54) is 0 Å². The normalized spacial score (nSPS) is 15.7. The van der Waals surface area contributed by atoms with Gasteiger partial charge in [-0.2, -0.15) is 0 Å². The van der Waals surface area contributed by atoms with Crippen LogP contribution in [0.3, 0.4) is 0 Å². The summed E-state index contributed by atoms with van der Waals surface area (Å²) in [7, 11) is 0. The van der Waals surface area contributed by atoms with E-state index in [9.17, 15) is 0 Å². The lowest BCUT2D eigenvalue weighted by Gasteiger charge is -2.26. The summed E-state index contributed by atoms with van der Waals surface area (Å²) in [5, 5.41) is 6.79. The van der Waals surface area contributed by atoms with Crippen molar-refractivity contribution in [1.82, 2.24) is 15.5 Å². The Kier molecular flexibility index (Phi) is 9.66. The van der Waals surface area contributed by atoms with Crippen molar-refractivity contribution < 1.29 is 0 Å².